The second-order valence-corrected chi connectivity index (χ2v) is 10.1. The number of ether oxygens (including phenoxy) is 1. The van der Waals surface area contributed by atoms with Crippen LogP contribution in [0.5, 0.6) is 5.75 Å². The van der Waals surface area contributed by atoms with Crippen LogP contribution in [0.15, 0.2) is 84.9 Å². The van der Waals surface area contributed by atoms with Crippen molar-refractivity contribution in [2.24, 2.45) is 11.8 Å². The van der Waals surface area contributed by atoms with E-state index < -0.39 is 0 Å². The van der Waals surface area contributed by atoms with Crippen LogP contribution in [0.1, 0.15) is 38.8 Å². The van der Waals surface area contributed by atoms with Gasteiger partial charge in [0.1, 0.15) is 5.75 Å². The van der Waals surface area contributed by atoms with Crippen molar-refractivity contribution in [1.82, 2.24) is 4.90 Å². The van der Waals surface area contributed by atoms with Crippen LogP contribution in [-0.2, 0) is 4.79 Å². The molecule has 3 aromatic rings. The van der Waals surface area contributed by atoms with E-state index in [1.165, 1.54) is 0 Å². The van der Waals surface area contributed by atoms with Crippen molar-refractivity contribution in [2.75, 3.05) is 23.9 Å². The molecule has 0 radical (unpaired) electrons. The Labute approximate surface area is 220 Å². The normalized spacial score (nSPS) is 17.2. The molecule has 0 aromatic heterocycles. The fourth-order valence-electron chi connectivity index (χ4n) is 4.86. The van der Waals surface area contributed by atoms with E-state index in [-0.39, 0.29) is 23.9 Å². The van der Waals surface area contributed by atoms with Crippen LogP contribution in [0.4, 0.5) is 11.4 Å². The van der Waals surface area contributed by atoms with E-state index >= 15 is 0 Å². The lowest BCUT2D eigenvalue weighted by Gasteiger charge is -2.32. The van der Waals surface area contributed by atoms with Gasteiger partial charge >= 0.3 is 0 Å². The van der Waals surface area contributed by atoms with Crippen LogP contribution < -0.4 is 15.0 Å². The molecule has 4 rings (SSSR count). The summed E-state index contributed by atoms with van der Waals surface area (Å²) in [6, 6.07) is 27.9. The molecule has 0 bridgehead atoms. The number of anilines is 2. The standard InChI is InChI=1S/C30H35N3O2S/c1-21(2)19-26-20-32(25-13-9-6-10-14-25)30(36)33(26)29(34)22(3)28(23-11-7-5-8-12-23)31-24-15-17-27(35-4)18-16-24/h5-18,21-22,26,28,31H,19-20H2,1-4H3/t22-,26+,28+/m1/s1. The minimum Gasteiger partial charge on any atom is -0.497 e. The van der Waals surface area contributed by atoms with Crippen molar-refractivity contribution in [3.05, 3.63) is 90.5 Å². The highest BCUT2D eigenvalue weighted by Gasteiger charge is 2.42. The Balaban J connectivity index is 1.64. The van der Waals surface area contributed by atoms with Crippen molar-refractivity contribution >= 4 is 34.6 Å². The summed E-state index contributed by atoms with van der Waals surface area (Å²) in [5, 5.41) is 4.19. The van der Waals surface area contributed by atoms with Crippen molar-refractivity contribution in [3.8, 4) is 5.75 Å². The lowest BCUT2D eigenvalue weighted by Crippen LogP contribution is -2.45. The first-order chi connectivity index (χ1) is 17.4. The predicted molar refractivity (Wildman–Crippen MR) is 151 cm³/mol. The molecule has 3 atom stereocenters. The first-order valence-electron chi connectivity index (χ1n) is 12.5. The Morgan fingerprint density at radius 3 is 2.17 bits per heavy atom. The molecule has 1 aliphatic rings. The zero-order valence-corrected chi connectivity index (χ0v) is 22.2. The molecule has 3 aromatic carbocycles. The molecule has 5 nitrogen and oxygen atoms in total. The number of amides is 1. The molecule has 188 valence electrons. The van der Waals surface area contributed by atoms with Crippen LogP contribution >= 0.6 is 12.2 Å². The largest absolute Gasteiger partial charge is 0.497 e. The van der Waals surface area contributed by atoms with Gasteiger partial charge in [0.05, 0.1) is 25.1 Å². The Hall–Kier alpha value is -3.38. The molecule has 0 saturated carbocycles. The monoisotopic (exact) mass is 501 g/mol. The van der Waals surface area contributed by atoms with E-state index in [4.69, 9.17) is 17.0 Å². The molecule has 1 heterocycles. The molecule has 1 aliphatic heterocycles. The maximum Gasteiger partial charge on any atom is 0.234 e. The third kappa shape index (κ3) is 5.71. The number of methoxy groups -OCH3 is 1. The summed E-state index contributed by atoms with van der Waals surface area (Å²) in [6.07, 6.45) is 0.893. The van der Waals surface area contributed by atoms with Gasteiger partial charge in [0, 0.05) is 17.9 Å². The number of thiocarbonyl (C=S) groups is 1. The number of nitrogens with one attached hydrogen (secondary N) is 1. The van der Waals surface area contributed by atoms with E-state index in [1.807, 2.05) is 84.6 Å². The molecule has 0 aliphatic carbocycles. The fourth-order valence-corrected chi connectivity index (χ4v) is 5.28. The number of hydrogen-bond acceptors (Lipinski definition) is 4. The average Bonchev–Trinajstić information content (AvgIpc) is 3.22. The van der Waals surface area contributed by atoms with Gasteiger partial charge in [-0.15, -0.1) is 0 Å². The summed E-state index contributed by atoms with van der Waals surface area (Å²) in [4.78, 5) is 18.2. The average molecular weight is 502 g/mol. The Morgan fingerprint density at radius 1 is 0.972 bits per heavy atom. The van der Waals surface area contributed by atoms with Gasteiger partial charge in [0.15, 0.2) is 5.11 Å². The molecule has 1 fully saturated rings. The number of benzene rings is 3. The highest BCUT2D eigenvalue weighted by Crippen LogP contribution is 2.33. The van der Waals surface area contributed by atoms with E-state index in [0.29, 0.717) is 17.6 Å². The fraction of sp³-hybridized carbons (Fsp3) is 0.333. The third-order valence-corrected chi connectivity index (χ3v) is 7.12. The first-order valence-corrected chi connectivity index (χ1v) is 12.9. The summed E-state index contributed by atoms with van der Waals surface area (Å²) < 4.78 is 5.31. The Morgan fingerprint density at radius 2 is 1.58 bits per heavy atom. The first kappa shape index (κ1) is 25.7. The molecule has 0 unspecified atom stereocenters. The maximum atomic E-state index is 14.2. The Bertz CT molecular complexity index is 1150. The van der Waals surface area contributed by atoms with Crippen molar-refractivity contribution in [2.45, 2.75) is 39.3 Å². The second kappa shape index (κ2) is 11.6. The smallest absolute Gasteiger partial charge is 0.234 e. The van der Waals surface area contributed by atoms with Gasteiger partial charge in [-0.25, -0.2) is 0 Å². The van der Waals surface area contributed by atoms with Crippen LogP contribution in [0.2, 0.25) is 0 Å². The van der Waals surface area contributed by atoms with Gasteiger partial charge in [-0.2, -0.15) is 0 Å². The molecule has 6 heteroatoms. The molecule has 36 heavy (non-hydrogen) atoms. The van der Waals surface area contributed by atoms with E-state index in [0.717, 1.165) is 29.1 Å². The van der Waals surface area contributed by atoms with Gasteiger partial charge in [0.2, 0.25) is 5.91 Å². The van der Waals surface area contributed by atoms with Crippen LogP contribution in [0.25, 0.3) is 0 Å². The summed E-state index contributed by atoms with van der Waals surface area (Å²) in [5.74, 6) is 0.930. The predicted octanol–water partition coefficient (Wildman–Crippen LogP) is 6.53. The number of nitrogens with zero attached hydrogens (tertiary/aromatic N) is 2. The summed E-state index contributed by atoms with van der Waals surface area (Å²) in [5.41, 5.74) is 3.01. The quantitative estimate of drug-likeness (QED) is 0.338. The van der Waals surface area contributed by atoms with Crippen molar-refractivity contribution in [1.29, 1.82) is 0 Å². The van der Waals surface area contributed by atoms with Crippen LogP contribution in [0.3, 0.4) is 0 Å². The third-order valence-electron chi connectivity index (χ3n) is 6.70. The number of rotatable bonds is 9. The van der Waals surface area contributed by atoms with E-state index in [2.05, 4.69) is 36.2 Å². The molecular weight excluding hydrogens is 466 g/mol. The Kier molecular flexibility index (Phi) is 8.26. The lowest BCUT2D eigenvalue weighted by atomic mass is 9.92. The lowest BCUT2D eigenvalue weighted by molar-refractivity contribution is -0.132. The van der Waals surface area contributed by atoms with Crippen LogP contribution in [-0.4, -0.2) is 35.6 Å². The minimum atomic E-state index is -0.349. The molecule has 1 amide bonds. The number of hydrogen-bond donors (Lipinski definition) is 1. The van der Waals surface area contributed by atoms with Gasteiger partial charge in [0.25, 0.3) is 0 Å². The molecule has 1 N–H and O–H groups in total. The van der Waals surface area contributed by atoms with Crippen LogP contribution in [0, 0.1) is 11.8 Å². The topological polar surface area (TPSA) is 44.8 Å². The molecule has 0 spiro atoms. The van der Waals surface area contributed by atoms with Crippen molar-refractivity contribution in [3.63, 3.8) is 0 Å². The van der Waals surface area contributed by atoms with Gasteiger partial charge in [-0.1, -0.05) is 69.3 Å². The number of carbonyl (C=O) groups excluding carboxylic acids is 1. The highest BCUT2D eigenvalue weighted by atomic mass is 32.1. The zero-order valence-electron chi connectivity index (χ0n) is 21.4. The zero-order chi connectivity index (χ0) is 25.7. The summed E-state index contributed by atoms with van der Waals surface area (Å²) in [6.45, 7) is 7.09. The van der Waals surface area contributed by atoms with E-state index in [1.54, 1.807) is 7.11 Å². The van der Waals surface area contributed by atoms with Gasteiger partial charge in [-0.3, -0.25) is 9.69 Å². The SMILES string of the molecule is COc1ccc(N[C@H](c2ccccc2)[C@@H](C)C(=O)N2C(=S)N(c3ccccc3)C[C@@H]2CC(C)C)cc1. The second-order valence-electron chi connectivity index (χ2n) is 9.77. The highest BCUT2D eigenvalue weighted by molar-refractivity contribution is 7.80. The summed E-state index contributed by atoms with van der Waals surface area (Å²) in [7, 11) is 1.65. The van der Waals surface area contributed by atoms with Gasteiger partial charge in [-0.05, 0) is 66.5 Å². The molecule has 1 saturated heterocycles. The maximum absolute atomic E-state index is 14.2. The summed E-state index contributed by atoms with van der Waals surface area (Å²) >= 11 is 5.93. The number of para-hydroxylation sites is 1. The van der Waals surface area contributed by atoms with Gasteiger partial charge < -0.3 is 15.0 Å². The minimum absolute atomic E-state index is 0.0325. The van der Waals surface area contributed by atoms with E-state index in [9.17, 15) is 4.79 Å². The van der Waals surface area contributed by atoms with Crippen molar-refractivity contribution < 1.29 is 9.53 Å². The molecular formula is C30H35N3O2S. The number of carbonyl (C=O) groups is 1.